The van der Waals surface area contributed by atoms with E-state index in [0.717, 1.165) is 35.0 Å². The molecule has 0 fully saturated rings. The molecule has 0 atom stereocenters. The van der Waals surface area contributed by atoms with Crippen molar-refractivity contribution in [2.24, 2.45) is 0 Å². The van der Waals surface area contributed by atoms with Crippen LogP contribution in [0, 0.1) is 6.92 Å². The van der Waals surface area contributed by atoms with Crippen molar-refractivity contribution in [3.05, 3.63) is 58.2 Å². The van der Waals surface area contributed by atoms with Crippen molar-refractivity contribution in [2.45, 2.75) is 20.0 Å². The molecule has 5 heteroatoms. The molecule has 0 bridgehead atoms. The first-order valence-corrected chi connectivity index (χ1v) is 7.39. The van der Waals surface area contributed by atoms with E-state index in [1.165, 1.54) is 5.56 Å². The molecule has 0 aliphatic carbocycles. The van der Waals surface area contributed by atoms with Crippen molar-refractivity contribution in [3.63, 3.8) is 0 Å². The molecule has 0 radical (unpaired) electrons. The lowest BCUT2D eigenvalue weighted by Gasteiger charge is -2.04. The molecule has 20 heavy (non-hydrogen) atoms. The van der Waals surface area contributed by atoms with E-state index in [-0.39, 0.29) is 0 Å². The van der Waals surface area contributed by atoms with E-state index >= 15 is 0 Å². The molecule has 1 aromatic carbocycles. The zero-order valence-electron chi connectivity index (χ0n) is 11.3. The van der Waals surface area contributed by atoms with Crippen LogP contribution in [0.3, 0.4) is 0 Å². The third-order valence-electron chi connectivity index (χ3n) is 3.07. The highest BCUT2D eigenvalue weighted by Gasteiger charge is 2.00. The number of aryl methyl sites for hydroxylation is 1. The van der Waals surface area contributed by atoms with Gasteiger partial charge in [0, 0.05) is 24.7 Å². The molecule has 102 valence electrons. The van der Waals surface area contributed by atoms with Crippen LogP contribution in [0.5, 0.6) is 0 Å². The van der Waals surface area contributed by atoms with Crippen LogP contribution in [0.15, 0.2) is 41.9 Å². The first-order valence-electron chi connectivity index (χ1n) is 6.52. The van der Waals surface area contributed by atoms with Crippen molar-refractivity contribution in [1.29, 1.82) is 0 Å². The van der Waals surface area contributed by atoms with Crippen molar-refractivity contribution in [3.8, 4) is 11.3 Å². The SMILES string of the molecule is Cc1nc(CNCc2ccc(-c3ccn[nH]3)cc2)cs1. The number of hydrogen-bond donors (Lipinski definition) is 2. The number of nitrogens with one attached hydrogen (secondary N) is 2. The summed E-state index contributed by atoms with van der Waals surface area (Å²) in [5, 5.41) is 13.6. The Kier molecular flexibility index (Phi) is 3.90. The van der Waals surface area contributed by atoms with Gasteiger partial charge in [-0.1, -0.05) is 24.3 Å². The topological polar surface area (TPSA) is 53.6 Å². The Hall–Kier alpha value is -1.98. The standard InChI is InChI=1S/C15H16N4S/c1-11-18-14(10-20-11)9-16-8-12-2-4-13(5-3-12)15-6-7-17-19-15/h2-7,10,16H,8-9H2,1H3,(H,17,19). The summed E-state index contributed by atoms with van der Waals surface area (Å²) >= 11 is 1.69. The zero-order chi connectivity index (χ0) is 13.8. The average Bonchev–Trinajstić information content (AvgIpc) is 3.11. The fraction of sp³-hybridized carbons (Fsp3) is 0.200. The van der Waals surface area contributed by atoms with Gasteiger partial charge in [-0.15, -0.1) is 11.3 Å². The zero-order valence-corrected chi connectivity index (χ0v) is 12.1. The van der Waals surface area contributed by atoms with Gasteiger partial charge < -0.3 is 5.32 Å². The first-order chi connectivity index (χ1) is 9.81. The molecule has 2 N–H and O–H groups in total. The van der Waals surface area contributed by atoms with Crippen molar-refractivity contribution in [2.75, 3.05) is 0 Å². The lowest BCUT2D eigenvalue weighted by atomic mass is 10.1. The summed E-state index contributed by atoms with van der Waals surface area (Å²) in [6, 6.07) is 10.5. The summed E-state index contributed by atoms with van der Waals surface area (Å²) in [6.07, 6.45) is 1.76. The third-order valence-corrected chi connectivity index (χ3v) is 3.89. The number of thiazole rings is 1. The first kappa shape index (κ1) is 13.0. The van der Waals surface area contributed by atoms with Gasteiger partial charge in [0.15, 0.2) is 0 Å². The van der Waals surface area contributed by atoms with Gasteiger partial charge in [0.1, 0.15) is 0 Å². The number of hydrogen-bond acceptors (Lipinski definition) is 4. The van der Waals surface area contributed by atoms with Gasteiger partial charge in [0.2, 0.25) is 0 Å². The molecule has 0 unspecified atom stereocenters. The number of H-pyrrole nitrogens is 1. The predicted octanol–water partition coefficient (Wildman–Crippen LogP) is 3.13. The molecule has 0 aliphatic heterocycles. The average molecular weight is 284 g/mol. The van der Waals surface area contributed by atoms with E-state index in [2.05, 4.69) is 50.1 Å². The molecule has 0 saturated heterocycles. The Bertz CT molecular complexity index is 656. The molecule has 0 amide bonds. The second-order valence-corrected chi connectivity index (χ2v) is 5.69. The van der Waals surface area contributed by atoms with Crippen LogP contribution >= 0.6 is 11.3 Å². The lowest BCUT2D eigenvalue weighted by molar-refractivity contribution is 0.682. The van der Waals surface area contributed by atoms with Gasteiger partial charge in [-0.2, -0.15) is 5.10 Å². The molecule has 2 heterocycles. The minimum atomic E-state index is 0.812. The van der Waals surface area contributed by atoms with Gasteiger partial charge in [-0.25, -0.2) is 4.98 Å². The summed E-state index contributed by atoms with van der Waals surface area (Å²) in [5.74, 6) is 0. The highest BCUT2D eigenvalue weighted by Crippen LogP contribution is 2.16. The van der Waals surface area contributed by atoms with E-state index < -0.39 is 0 Å². The van der Waals surface area contributed by atoms with Crippen LogP contribution < -0.4 is 5.32 Å². The van der Waals surface area contributed by atoms with Crippen LogP contribution in [-0.2, 0) is 13.1 Å². The molecular formula is C15H16N4S. The van der Waals surface area contributed by atoms with Gasteiger partial charge in [0.05, 0.1) is 16.4 Å². The number of rotatable bonds is 5. The Morgan fingerprint density at radius 1 is 1.15 bits per heavy atom. The van der Waals surface area contributed by atoms with E-state index in [1.807, 2.05) is 13.0 Å². The maximum Gasteiger partial charge on any atom is 0.0897 e. The summed E-state index contributed by atoms with van der Waals surface area (Å²) < 4.78 is 0. The van der Waals surface area contributed by atoms with Crippen LogP contribution in [0.4, 0.5) is 0 Å². The molecule has 4 nitrogen and oxygen atoms in total. The van der Waals surface area contributed by atoms with E-state index in [0.29, 0.717) is 0 Å². The Morgan fingerprint density at radius 3 is 2.65 bits per heavy atom. The van der Waals surface area contributed by atoms with Crippen LogP contribution in [0.25, 0.3) is 11.3 Å². The summed E-state index contributed by atoms with van der Waals surface area (Å²) in [5.41, 5.74) is 4.57. The van der Waals surface area contributed by atoms with E-state index in [1.54, 1.807) is 17.5 Å². The lowest BCUT2D eigenvalue weighted by Crippen LogP contribution is -2.12. The molecule has 2 aromatic heterocycles. The van der Waals surface area contributed by atoms with Gasteiger partial charge >= 0.3 is 0 Å². The summed E-state index contributed by atoms with van der Waals surface area (Å²) in [6.45, 7) is 3.69. The molecular weight excluding hydrogens is 268 g/mol. The fourth-order valence-corrected chi connectivity index (χ4v) is 2.66. The molecule has 0 spiro atoms. The van der Waals surface area contributed by atoms with Crippen LogP contribution in [0.2, 0.25) is 0 Å². The Balaban J connectivity index is 1.56. The molecule has 3 aromatic rings. The van der Waals surface area contributed by atoms with Gasteiger partial charge in [-0.05, 0) is 24.1 Å². The maximum absolute atomic E-state index is 4.43. The third kappa shape index (κ3) is 3.12. The Labute approximate surface area is 121 Å². The van der Waals surface area contributed by atoms with Crippen LogP contribution in [-0.4, -0.2) is 15.2 Å². The van der Waals surface area contributed by atoms with Crippen LogP contribution in [0.1, 0.15) is 16.3 Å². The molecule has 0 saturated carbocycles. The summed E-state index contributed by atoms with van der Waals surface area (Å²) in [4.78, 5) is 4.43. The highest BCUT2D eigenvalue weighted by atomic mass is 32.1. The Morgan fingerprint density at radius 2 is 2.00 bits per heavy atom. The van der Waals surface area contributed by atoms with Crippen molar-refractivity contribution in [1.82, 2.24) is 20.5 Å². The second-order valence-electron chi connectivity index (χ2n) is 4.63. The highest BCUT2D eigenvalue weighted by molar-refractivity contribution is 7.09. The predicted molar refractivity (Wildman–Crippen MR) is 81.4 cm³/mol. The largest absolute Gasteiger partial charge is 0.307 e. The summed E-state index contributed by atoms with van der Waals surface area (Å²) in [7, 11) is 0. The van der Waals surface area contributed by atoms with Gasteiger partial charge in [-0.3, -0.25) is 5.10 Å². The fourth-order valence-electron chi connectivity index (χ4n) is 2.04. The molecule has 0 aliphatic rings. The molecule has 3 rings (SSSR count). The smallest absolute Gasteiger partial charge is 0.0897 e. The minimum Gasteiger partial charge on any atom is -0.307 e. The van der Waals surface area contributed by atoms with E-state index in [4.69, 9.17) is 0 Å². The van der Waals surface area contributed by atoms with E-state index in [9.17, 15) is 0 Å². The number of nitrogens with zero attached hydrogens (tertiary/aromatic N) is 2. The number of benzene rings is 1. The monoisotopic (exact) mass is 284 g/mol. The second kappa shape index (κ2) is 5.98. The number of aromatic nitrogens is 3. The van der Waals surface area contributed by atoms with Crippen molar-refractivity contribution >= 4 is 11.3 Å². The normalized spacial score (nSPS) is 10.8. The minimum absolute atomic E-state index is 0.812. The number of aromatic amines is 1. The quantitative estimate of drug-likeness (QED) is 0.757. The maximum atomic E-state index is 4.43. The van der Waals surface area contributed by atoms with Crippen molar-refractivity contribution < 1.29 is 0 Å². The van der Waals surface area contributed by atoms with Gasteiger partial charge in [0.25, 0.3) is 0 Å².